The Hall–Kier alpha value is -3.86. The van der Waals surface area contributed by atoms with Gasteiger partial charge in [0.15, 0.2) is 12.1 Å². The Bertz CT molecular complexity index is 1680. The molecule has 0 amide bonds. The minimum atomic E-state index is -0.580. The topological polar surface area (TPSA) is 96.7 Å². The van der Waals surface area contributed by atoms with Gasteiger partial charge in [0.1, 0.15) is 11.5 Å². The van der Waals surface area contributed by atoms with Gasteiger partial charge < -0.3 is 10.2 Å². The zero-order valence-electron chi connectivity index (χ0n) is 22.4. The first-order valence-corrected chi connectivity index (χ1v) is 13.6. The number of likely N-dealkylation sites (tertiary alicyclic amines) is 1. The molecular formula is C29H29ClFN7O2. The van der Waals surface area contributed by atoms with E-state index in [1.165, 1.54) is 22.3 Å². The molecule has 206 valence electrons. The Morgan fingerprint density at radius 2 is 1.82 bits per heavy atom. The average molecular weight is 562 g/mol. The molecule has 6 rings (SSSR count). The number of aromatic nitrogens is 3. The van der Waals surface area contributed by atoms with Gasteiger partial charge in [-0.15, -0.1) is 0 Å². The molecule has 2 N–H and O–H groups in total. The summed E-state index contributed by atoms with van der Waals surface area (Å²) in [6.45, 7) is 3.96. The smallest absolute Gasteiger partial charge is 0.259 e. The summed E-state index contributed by atoms with van der Waals surface area (Å²) in [6.07, 6.45) is 3.52. The van der Waals surface area contributed by atoms with Crippen LogP contribution in [0.25, 0.3) is 22.2 Å². The van der Waals surface area contributed by atoms with Gasteiger partial charge in [0.05, 0.1) is 5.56 Å². The van der Waals surface area contributed by atoms with Crippen LogP contribution in [0.1, 0.15) is 36.8 Å². The van der Waals surface area contributed by atoms with Crippen LogP contribution in [0.15, 0.2) is 58.4 Å². The van der Waals surface area contributed by atoms with Crippen molar-refractivity contribution in [2.75, 3.05) is 25.5 Å². The lowest BCUT2D eigenvalue weighted by Crippen LogP contribution is -2.29. The number of anilines is 2. The molecule has 2 aromatic carbocycles. The predicted molar refractivity (Wildman–Crippen MR) is 155 cm³/mol. The number of hydrogen-bond donors (Lipinski definition) is 2. The van der Waals surface area contributed by atoms with E-state index in [-0.39, 0.29) is 33.1 Å². The minimum absolute atomic E-state index is 0.161. The van der Waals surface area contributed by atoms with Crippen LogP contribution in [0.3, 0.4) is 0 Å². The number of nitrogens with one attached hydrogen (secondary N) is 2. The number of aliphatic imine (C=N–C) groups is 1. The van der Waals surface area contributed by atoms with Crippen molar-refractivity contribution in [3.63, 3.8) is 0 Å². The molecule has 2 aromatic heterocycles. The van der Waals surface area contributed by atoms with Crippen LogP contribution >= 0.6 is 11.6 Å². The van der Waals surface area contributed by atoms with Crippen molar-refractivity contribution in [2.24, 2.45) is 12.0 Å². The van der Waals surface area contributed by atoms with Gasteiger partial charge in [-0.25, -0.2) is 24.7 Å². The number of pyridine rings is 1. The van der Waals surface area contributed by atoms with E-state index in [0.29, 0.717) is 22.9 Å². The summed E-state index contributed by atoms with van der Waals surface area (Å²) < 4.78 is 16.5. The van der Waals surface area contributed by atoms with Crippen LogP contribution < -0.4 is 16.4 Å². The number of aryl methyl sites for hydroxylation is 1. The average Bonchev–Trinajstić information content (AvgIpc) is 3.39. The molecule has 0 saturated carbocycles. The fraction of sp³-hybridized carbons (Fsp3) is 0.310. The van der Waals surface area contributed by atoms with Crippen molar-refractivity contribution in [1.82, 2.24) is 24.9 Å². The molecule has 0 radical (unpaired) electrons. The molecule has 2 aliphatic heterocycles. The summed E-state index contributed by atoms with van der Waals surface area (Å²) in [5.41, 5.74) is 5.55. The summed E-state index contributed by atoms with van der Waals surface area (Å²) >= 11 is 6.53. The van der Waals surface area contributed by atoms with E-state index in [2.05, 4.69) is 49.8 Å². The highest BCUT2D eigenvalue weighted by Gasteiger charge is 2.22. The number of hydrogen-bond acceptors (Lipinski definition) is 8. The Kier molecular flexibility index (Phi) is 6.99. The summed E-state index contributed by atoms with van der Waals surface area (Å²) in [6, 6.07) is 12.7. The van der Waals surface area contributed by atoms with Crippen LogP contribution in [0.5, 0.6) is 0 Å². The highest BCUT2D eigenvalue weighted by Crippen LogP contribution is 2.31. The molecule has 11 heteroatoms. The van der Waals surface area contributed by atoms with E-state index in [0.717, 1.165) is 31.6 Å². The zero-order valence-corrected chi connectivity index (χ0v) is 23.2. The summed E-state index contributed by atoms with van der Waals surface area (Å²) in [5, 5.41) is 4.06. The molecule has 1 unspecified atom stereocenters. The molecule has 0 bridgehead atoms. The van der Waals surface area contributed by atoms with E-state index in [9.17, 15) is 4.79 Å². The lowest BCUT2D eigenvalue weighted by molar-refractivity contribution is 0.0503. The van der Waals surface area contributed by atoms with Gasteiger partial charge in [-0.3, -0.25) is 9.36 Å². The van der Waals surface area contributed by atoms with Gasteiger partial charge in [-0.05, 0) is 81.7 Å². The summed E-state index contributed by atoms with van der Waals surface area (Å²) in [4.78, 5) is 34.1. The minimum Gasteiger partial charge on any atom is -0.324 e. The second-order valence-electron chi connectivity index (χ2n) is 10.3. The van der Waals surface area contributed by atoms with Gasteiger partial charge in [0.2, 0.25) is 5.95 Å². The van der Waals surface area contributed by atoms with E-state index in [4.69, 9.17) is 16.4 Å². The first-order valence-electron chi connectivity index (χ1n) is 13.2. The van der Waals surface area contributed by atoms with Gasteiger partial charge in [0, 0.05) is 40.5 Å². The molecule has 40 heavy (non-hydrogen) atoms. The predicted octanol–water partition coefficient (Wildman–Crippen LogP) is 4.97. The third-order valence-corrected chi connectivity index (χ3v) is 7.86. The first-order chi connectivity index (χ1) is 19.3. The van der Waals surface area contributed by atoms with Crippen molar-refractivity contribution in [3.05, 3.63) is 81.0 Å². The third-order valence-electron chi connectivity index (χ3n) is 7.54. The van der Waals surface area contributed by atoms with Crippen molar-refractivity contribution >= 4 is 40.1 Å². The van der Waals surface area contributed by atoms with Crippen LogP contribution in [0.4, 0.5) is 16.0 Å². The van der Waals surface area contributed by atoms with E-state index < -0.39 is 12.0 Å². The summed E-state index contributed by atoms with van der Waals surface area (Å²) in [5.74, 6) is 0.616. The Labute approximate surface area is 235 Å². The number of rotatable bonds is 5. The molecular weight excluding hydrogens is 533 g/mol. The number of hydroxylamine groups is 1. The molecule has 1 fully saturated rings. The van der Waals surface area contributed by atoms with Gasteiger partial charge in [-0.1, -0.05) is 23.7 Å². The number of benzene rings is 2. The highest BCUT2D eigenvalue weighted by molar-refractivity contribution is 6.33. The van der Waals surface area contributed by atoms with Gasteiger partial charge in [0.25, 0.3) is 5.56 Å². The Balaban J connectivity index is 1.27. The van der Waals surface area contributed by atoms with Crippen molar-refractivity contribution in [3.8, 4) is 11.1 Å². The van der Waals surface area contributed by atoms with E-state index in [1.54, 1.807) is 26.2 Å². The maximum absolute atomic E-state index is 15.1. The van der Waals surface area contributed by atoms with Crippen LogP contribution in [0.2, 0.25) is 5.02 Å². The largest absolute Gasteiger partial charge is 0.324 e. The van der Waals surface area contributed by atoms with Gasteiger partial charge >= 0.3 is 0 Å². The molecule has 9 nitrogen and oxygen atoms in total. The number of fused-ring (bicyclic) bond motifs is 1. The SMILES string of the molecule is CC1N=C(c2cc(Cl)c(-c3cc4cnc(Nc5ccc(C6CCN(C)CC6)cc5)nc4n(C)c3=O)cc2F)NO1. The fourth-order valence-electron chi connectivity index (χ4n) is 5.24. The second kappa shape index (κ2) is 10.6. The highest BCUT2D eigenvalue weighted by atomic mass is 35.5. The van der Waals surface area contributed by atoms with Gasteiger partial charge in [-0.2, -0.15) is 4.98 Å². The second-order valence-corrected chi connectivity index (χ2v) is 10.7. The molecule has 1 atom stereocenters. The molecule has 4 aromatic rings. The molecule has 0 aliphatic carbocycles. The zero-order chi connectivity index (χ0) is 28.0. The standard InChI is InChI=1S/C29H29ClFN7O2/c1-16-33-26(36-40-16)23-13-24(30)21(14-25(23)31)22-12-19-15-32-29(35-27(19)38(3)28(22)39)34-20-6-4-17(5-7-20)18-8-10-37(2)11-9-18/h4-7,12-16,18H,8-11H2,1-3H3,(H,33,36)(H,32,34,35). The van der Waals surface area contributed by atoms with E-state index in [1.807, 2.05) is 12.1 Å². The number of halogens is 2. The maximum atomic E-state index is 15.1. The fourth-order valence-corrected chi connectivity index (χ4v) is 5.51. The van der Waals surface area contributed by atoms with E-state index >= 15 is 4.39 Å². The Morgan fingerprint density at radius 3 is 2.52 bits per heavy atom. The summed E-state index contributed by atoms with van der Waals surface area (Å²) in [7, 11) is 3.78. The molecule has 4 heterocycles. The first kappa shape index (κ1) is 26.4. The van der Waals surface area contributed by atoms with Crippen LogP contribution in [-0.4, -0.2) is 51.6 Å². The van der Waals surface area contributed by atoms with Crippen LogP contribution in [0, 0.1) is 5.82 Å². The number of amidine groups is 1. The van der Waals surface area contributed by atoms with Crippen molar-refractivity contribution in [1.29, 1.82) is 0 Å². The normalized spacial score (nSPS) is 18.1. The number of nitrogens with zero attached hydrogens (tertiary/aromatic N) is 5. The number of piperidine rings is 1. The quantitative estimate of drug-likeness (QED) is 0.355. The Morgan fingerprint density at radius 1 is 1.07 bits per heavy atom. The van der Waals surface area contributed by atoms with Crippen molar-refractivity contribution in [2.45, 2.75) is 31.9 Å². The molecule has 0 spiro atoms. The third kappa shape index (κ3) is 5.05. The lowest BCUT2D eigenvalue weighted by atomic mass is 9.89. The monoisotopic (exact) mass is 561 g/mol. The maximum Gasteiger partial charge on any atom is 0.259 e. The van der Waals surface area contributed by atoms with Crippen LogP contribution in [-0.2, 0) is 11.9 Å². The molecule has 2 aliphatic rings. The van der Waals surface area contributed by atoms with Crippen molar-refractivity contribution < 1.29 is 9.23 Å². The molecule has 1 saturated heterocycles. The lowest BCUT2D eigenvalue weighted by Gasteiger charge is -2.29.